The van der Waals surface area contributed by atoms with Crippen molar-refractivity contribution in [3.05, 3.63) is 0 Å². The number of nitrogens with one attached hydrogen (secondary N) is 1. The van der Waals surface area contributed by atoms with E-state index in [9.17, 15) is 4.79 Å². The van der Waals surface area contributed by atoms with Crippen LogP contribution in [0.5, 0.6) is 0 Å². The van der Waals surface area contributed by atoms with E-state index in [-0.39, 0.29) is 12.2 Å². The number of amides is 1. The van der Waals surface area contributed by atoms with Gasteiger partial charge in [0.1, 0.15) is 0 Å². The highest BCUT2D eigenvalue weighted by molar-refractivity contribution is 7.99. The van der Waals surface area contributed by atoms with Crippen LogP contribution in [-0.2, 0) is 4.79 Å². The van der Waals surface area contributed by atoms with E-state index in [2.05, 4.69) is 31.0 Å². The third kappa shape index (κ3) is 3.46. The van der Waals surface area contributed by atoms with E-state index in [1.54, 1.807) is 0 Å². The van der Waals surface area contributed by atoms with Crippen LogP contribution in [-0.4, -0.2) is 41.1 Å². The molecule has 2 aliphatic heterocycles. The molecule has 0 saturated carbocycles. The van der Waals surface area contributed by atoms with E-state index in [4.69, 9.17) is 0 Å². The zero-order valence-corrected chi connectivity index (χ0v) is 13.3. The molecule has 4 atom stereocenters. The molecule has 0 aromatic carbocycles. The summed E-state index contributed by atoms with van der Waals surface area (Å²) in [4.78, 5) is 14.8. The van der Waals surface area contributed by atoms with Gasteiger partial charge in [-0.15, -0.1) is 0 Å². The number of hydrogen-bond acceptors (Lipinski definition) is 3. The number of hydrogen-bond donors (Lipinski definition) is 1. The molecule has 2 saturated heterocycles. The summed E-state index contributed by atoms with van der Waals surface area (Å²) in [5, 5.41) is 3.59. The van der Waals surface area contributed by atoms with Crippen molar-refractivity contribution in [3.63, 3.8) is 0 Å². The van der Waals surface area contributed by atoms with Gasteiger partial charge in [0, 0.05) is 6.54 Å². The standard InChI is InChI=1S/C15H28N2OS/c1-4-6-13-16-14(11(3)5-2)15(18)17(13)9-12-7-8-19-10-12/h11-14,16H,4-10H2,1-3H3. The number of thioether (sulfide) groups is 1. The van der Waals surface area contributed by atoms with Gasteiger partial charge in [-0.1, -0.05) is 33.6 Å². The van der Waals surface area contributed by atoms with Crippen molar-refractivity contribution < 1.29 is 4.79 Å². The van der Waals surface area contributed by atoms with Gasteiger partial charge in [-0.05, 0) is 36.2 Å². The second-order valence-corrected chi connectivity index (χ2v) is 7.20. The summed E-state index contributed by atoms with van der Waals surface area (Å²) in [5.41, 5.74) is 0. The molecule has 0 aromatic heterocycles. The van der Waals surface area contributed by atoms with Gasteiger partial charge in [0.2, 0.25) is 5.91 Å². The van der Waals surface area contributed by atoms with E-state index < -0.39 is 0 Å². The van der Waals surface area contributed by atoms with Crippen LogP contribution in [0.1, 0.15) is 46.5 Å². The average Bonchev–Trinajstić information content (AvgIpc) is 3.01. The molecule has 1 N–H and O–H groups in total. The number of carbonyl (C=O) groups is 1. The Balaban J connectivity index is 2.01. The first-order valence-electron chi connectivity index (χ1n) is 7.81. The SMILES string of the molecule is CCCC1NC(C(C)CC)C(=O)N1CC1CCSC1. The zero-order chi connectivity index (χ0) is 13.8. The van der Waals surface area contributed by atoms with Crippen molar-refractivity contribution in [2.75, 3.05) is 18.1 Å². The van der Waals surface area contributed by atoms with Crippen molar-refractivity contribution in [2.24, 2.45) is 11.8 Å². The lowest BCUT2D eigenvalue weighted by atomic mass is 9.99. The van der Waals surface area contributed by atoms with Gasteiger partial charge in [-0.3, -0.25) is 10.1 Å². The predicted octanol–water partition coefficient (Wildman–Crippen LogP) is 2.71. The van der Waals surface area contributed by atoms with Crippen molar-refractivity contribution in [3.8, 4) is 0 Å². The van der Waals surface area contributed by atoms with Crippen molar-refractivity contribution in [1.82, 2.24) is 10.2 Å². The van der Waals surface area contributed by atoms with Gasteiger partial charge in [-0.25, -0.2) is 0 Å². The molecule has 0 bridgehead atoms. The fourth-order valence-electron chi connectivity index (χ4n) is 3.08. The van der Waals surface area contributed by atoms with Crippen LogP contribution in [0.15, 0.2) is 0 Å². The summed E-state index contributed by atoms with van der Waals surface area (Å²) >= 11 is 2.03. The highest BCUT2D eigenvalue weighted by atomic mass is 32.2. The largest absolute Gasteiger partial charge is 0.325 e. The van der Waals surface area contributed by atoms with Gasteiger partial charge in [0.25, 0.3) is 0 Å². The average molecular weight is 284 g/mol. The highest BCUT2D eigenvalue weighted by Crippen LogP contribution is 2.28. The Bertz CT molecular complexity index is 305. The molecular weight excluding hydrogens is 256 g/mol. The molecule has 0 aliphatic carbocycles. The first-order valence-corrected chi connectivity index (χ1v) is 8.97. The summed E-state index contributed by atoms with van der Waals surface area (Å²) in [6.45, 7) is 7.53. The Labute approximate surface area is 121 Å². The second kappa shape index (κ2) is 6.98. The van der Waals surface area contributed by atoms with Gasteiger partial charge in [0.05, 0.1) is 12.2 Å². The Morgan fingerprint density at radius 2 is 2.26 bits per heavy atom. The molecule has 19 heavy (non-hydrogen) atoms. The summed E-state index contributed by atoms with van der Waals surface area (Å²) in [5.74, 6) is 4.01. The fraction of sp³-hybridized carbons (Fsp3) is 0.933. The molecule has 1 amide bonds. The minimum Gasteiger partial charge on any atom is -0.325 e. The Morgan fingerprint density at radius 1 is 1.47 bits per heavy atom. The molecule has 2 aliphatic rings. The first-order chi connectivity index (χ1) is 9.17. The van der Waals surface area contributed by atoms with Crippen LogP contribution < -0.4 is 5.32 Å². The lowest BCUT2D eigenvalue weighted by Gasteiger charge is -2.26. The Morgan fingerprint density at radius 3 is 2.84 bits per heavy atom. The lowest BCUT2D eigenvalue weighted by molar-refractivity contribution is -0.131. The van der Waals surface area contributed by atoms with Gasteiger partial charge >= 0.3 is 0 Å². The fourth-order valence-corrected chi connectivity index (χ4v) is 4.35. The molecular formula is C15H28N2OS. The summed E-state index contributed by atoms with van der Waals surface area (Å²) < 4.78 is 0. The Hall–Kier alpha value is -0.220. The van der Waals surface area contributed by atoms with Crippen molar-refractivity contribution in [2.45, 2.75) is 58.7 Å². The normalized spacial score (nSPS) is 33.1. The van der Waals surface area contributed by atoms with Crippen LogP contribution in [0.2, 0.25) is 0 Å². The van der Waals surface area contributed by atoms with E-state index >= 15 is 0 Å². The van der Waals surface area contributed by atoms with Crippen LogP contribution in [0.3, 0.4) is 0 Å². The molecule has 0 aromatic rings. The summed E-state index contributed by atoms with van der Waals surface area (Å²) in [6.07, 6.45) is 4.84. The molecule has 110 valence electrons. The van der Waals surface area contributed by atoms with Gasteiger partial charge in [-0.2, -0.15) is 11.8 Å². The molecule has 2 rings (SSSR count). The van der Waals surface area contributed by atoms with Crippen LogP contribution in [0, 0.1) is 11.8 Å². The smallest absolute Gasteiger partial charge is 0.241 e. The van der Waals surface area contributed by atoms with Gasteiger partial charge < -0.3 is 4.90 Å². The third-order valence-electron chi connectivity index (χ3n) is 4.55. The Kier molecular flexibility index (Phi) is 5.58. The molecule has 4 unspecified atom stereocenters. The highest BCUT2D eigenvalue weighted by Gasteiger charge is 2.41. The summed E-state index contributed by atoms with van der Waals surface area (Å²) in [7, 11) is 0. The monoisotopic (exact) mass is 284 g/mol. The maximum absolute atomic E-state index is 12.6. The van der Waals surface area contributed by atoms with E-state index in [0.717, 1.165) is 25.8 Å². The number of nitrogens with zero attached hydrogens (tertiary/aromatic N) is 1. The molecule has 0 radical (unpaired) electrons. The maximum Gasteiger partial charge on any atom is 0.241 e. The molecule has 0 spiro atoms. The van der Waals surface area contributed by atoms with E-state index in [1.807, 2.05) is 11.8 Å². The first kappa shape index (κ1) is 15.2. The minimum atomic E-state index is 0.0515. The topological polar surface area (TPSA) is 32.3 Å². The quantitative estimate of drug-likeness (QED) is 0.814. The summed E-state index contributed by atoms with van der Waals surface area (Å²) in [6, 6.07) is 0.0515. The minimum absolute atomic E-state index is 0.0515. The van der Waals surface area contributed by atoms with E-state index in [1.165, 1.54) is 17.9 Å². The van der Waals surface area contributed by atoms with Crippen LogP contribution in [0.25, 0.3) is 0 Å². The molecule has 2 fully saturated rings. The number of rotatable bonds is 6. The second-order valence-electron chi connectivity index (χ2n) is 6.05. The predicted molar refractivity (Wildman–Crippen MR) is 82.2 cm³/mol. The van der Waals surface area contributed by atoms with Crippen molar-refractivity contribution in [1.29, 1.82) is 0 Å². The molecule has 3 nitrogen and oxygen atoms in total. The number of carbonyl (C=O) groups excluding carboxylic acids is 1. The van der Waals surface area contributed by atoms with Crippen molar-refractivity contribution >= 4 is 17.7 Å². The zero-order valence-electron chi connectivity index (χ0n) is 12.5. The van der Waals surface area contributed by atoms with E-state index in [0.29, 0.717) is 17.7 Å². The maximum atomic E-state index is 12.6. The van der Waals surface area contributed by atoms with Gasteiger partial charge in [0.15, 0.2) is 0 Å². The van der Waals surface area contributed by atoms with Crippen LogP contribution >= 0.6 is 11.8 Å². The third-order valence-corrected chi connectivity index (χ3v) is 5.78. The lowest BCUT2D eigenvalue weighted by Crippen LogP contribution is -2.40. The molecule has 4 heteroatoms. The molecule has 2 heterocycles. The van der Waals surface area contributed by atoms with Crippen LogP contribution in [0.4, 0.5) is 0 Å².